The van der Waals surface area contributed by atoms with Gasteiger partial charge in [0.1, 0.15) is 11.9 Å². The van der Waals surface area contributed by atoms with E-state index in [0.717, 1.165) is 0 Å². The Morgan fingerprint density at radius 1 is 1.36 bits per heavy atom. The van der Waals surface area contributed by atoms with E-state index >= 15 is 0 Å². The van der Waals surface area contributed by atoms with Crippen LogP contribution in [0.4, 0.5) is 0 Å². The summed E-state index contributed by atoms with van der Waals surface area (Å²) in [5.41, 5.74) is 0.126. The first kappa shape index (κ1) is 10.8. The van der Waals surface area contributed by atoms with Crippen molar-refractivity contribution < 1.29 is 15.3 Å². The highest BCUT2D eigenvalue weighted by Gasteiger charge is 2.20. The maximum absolute atomic E-state index is 9.43. The predicted molar refractivity (Wildman–Crippen MR) is 49.7 cm³/mol. The summed E-state index contributed by atoms with van der Waals surface area (Å²) < 4.78 is 0. The number of rotatable bonds is 2. The number of nitrogens with zero attached hydrogens (tertiary/aromatic N) is 1. The number of hydrogen-bond donors (Lipinski definition) is 3. The Balaban J connectivity index is 3.07. The predicted octanol–water partition coefficient (Wildman–Crippen LogP) is 0.963. The second-order valence-corrected chi connectivity index (χ2v) is 3.13. The molecule has 1 aromatic rings. The minimum absolute atomic E-state index is 0.0893. The molecular weight excluding hydrogens is 206 g/mol. The van der Waals surface area contributed by atoms with Crippen LogP contribution in [0.3, 0.4) is 0 Å². The van der Waals surface area contributed by atoms with Gasteiger partial charge in [0.05, 0.1) is 6.07 Å². The molecule has 0 saturated heterocycles. The zero-order valence-electron chi connectivity index (χ0n) is 7.05. The standard InChI is InChI=1S/C9H8ClNO3/c10-7-2-1-5(12)3-6(7)9(14)8(13)4-11/h1-3,8-9,12-14H. The molecule has 14 heavy (non-hydrogen) atoms. The number of benzene rings is 1. The lowest BCUT2D eigenvalue weighted by Crippen LogP contribution is -2.16. The molecule has 74 valence electrons. The van der Waals surface area contributed by atoms with Gasteiger partial charge in [0.15, 0.2) is 6.10 Å². The van der Waals surface area contributed by atoms with E-state index in [1.54, 1.807) is 0 Å². The van der Waals surface area contributed by atoms with E-state index in [1.807, 2.05) is 0 Å². The zero-order valence-corrected chi connectivity index (χ0v) is 7.81. The van der Waals surface area contributed by atoms with Crippen molar-refractivity contribution in [1.29, 1.82) is 5.26 Å². The summed E-state index contributed by atoms with van der Waals surface area (Å²) in [4.78, 5) is 0. The average Bonchev–Trinajstić information content (AvgIpc) is 2.19. The van der Waals surface area contributed by atoms with Gasteiger partial charge < -0.3 is 15.3 Å². The SMILES string of the molecule is N#CC(O)C(O)c1cc(O)ccc1Cl. The lowest BCUT2D eigenvalue weighted by atomic mass is 10.1. The zero-order chi connectivity index (χ0) is 10.7. The van der Waals surface area contributed by atoms with Crippen molar-refractivity contribution in [3.63, 3.8) is 0 Å². The molecular formula is C9H8ClNO3. The molecule has 0 aliphatic rings. The van der Waals surface area contributed by atoms with Crippen LogP contribution in [0.1, 0.15) is 11.7 Å². The van der Waals surface area contributed by atoms with Crippen molar-refractivity contribution in [2.45, 2.75) is 12.2 Å². The van der Waals surface area contributed by atoms with Crippen LogP contribution in [0.15, 0.2) is 18.2 Å². The van der Waals surface area contributed by atoms with E-state index in [2.05, 4.69) is 0 Å². The van der Waals surface area contributed by atoms with Crippen molar-refractivity contribution in [3.8, 4) is 11.8 Å². The van der Waals surface area contributed by atoms with Crippen LogP contribution in [0.25, 0.3) is 0 Å². The van der Waals surface area contributed by atoms with E-state index in [0.29, 0.717) is 0 Å². The van der Waals surface area contributed by atoms with Crippen molar-refractivity contribution in [3.05, 3.63) is 28.8 Å². The van der Waals surface area contributed by atoms with Gasteiger partial charge >= 0.3 is 0 Å². The Kier molecular flexibility index (Phi) is 3.31. The minimum Gasteiger partial charge on any atom is -0.508 e. The number of phenolic OH excluding ortho intramolecular Hbond substituents is 1. The summed E-state index contributed by atoms with van der Waals surface area (Å²) in [6.07, 6.45) is -2.98. The number of aliphatic hydroxyl groups is 2. The number of hydrogen-bond acceptors (Lipinski definition) is 4. The molecule has 5 heteroatoms. The van der Waals surface area contributed by atoms with Crippen LogP contribution in [-0.2, 0) is 0 Å². The van der Waals surface area contributed by atoms with E-state index in [4.69, 9.17) is 27.1 Å². The van der Waals surface area contributed by atoms with Crippen molar-refractivity contribution in [2.24, 2.45) is 0 Å². The molecule has 3 N–H and O–H groups in total. The minimum atomic E-state index is -1.56. The largest absolute Gasteiger partial charge is 0.508 e. The number of halogens is 1. The molecule has 0 amide bonds. The molecule has 2 unspecified atom stereocenters. The van der Waals surface area contributed by atoms with Gasteiger partial charge in [0.2, 0.25) is 0 Å². The van der Waals surface area contributed by atoms with Crippen LogP contribution in [-0.4, -0.2) is 21.4 Å². The first-order valence-electron chi connectivity index (χ1n) is 3.80. The van der Waals surface area contributed by atoms with E-state index in [-0.39, 0.29) is 16.3 Å². The van der Waals surface area contributed by atoms with Crippen molar-refractivity contribution in [1.82, 2.24) is 0 Å². The van der Waals surface area contributed by atoms with Crippen molar-refractivity contribution in [2.75, 3.05) is 0 Å². The van der Waals surface area contributed by atoms with E-state index < -0.39 is 12.2 Å². The Morgan fingerprint density at radius 2 is 2.00 bits per heavy atom. The second kappa shape index (κ2) is 4.29. The second-order valence-electron chi connectivity index (χ2n) is 2.72. The molecule has 0 saturated carbocycles. The lowest BCUT2D eigenvalue weighted by Gasteiger charge is -2.13. The van der Waals surface area contributed by atoms with Crippen LogP contribution < -0.4 is 0 Å². The van der Waals surface area contributed by atoms with Gasteiger partial charge in [-0.1, -0.05) is 11.6 Å². The highest BCUT2D eigenvalue weighted by atomic mass is 35.5. The first-order chi connectivity index (χ1) is 6.56. The van der Waals surface area contributed by atoms with Gasteiger partial charge in [0.25, 0.3) is 0 Å². The molecule has 0 fully saturated rings. The Labute approximate surface area is 85.6 Å². The van der Waals surface area contributed by atoms with Gasteiger partial charge in [-0.25, -0.2) is 0 Å². The molecule has 0 aromatic heterocycles. The molecule has 0 heterocycles. The Bertz CT molecular complexity index is 375. The summed E-state index contributed by atoms with van der Waals surface area (Å²) >= 11 is 5.70. The number of aliphatic hydroxyl groups excluding tert-OH is 2. The third kappa shape index (κ3) is 2.15. The molecule has 0 aliphatic carbocycles. The third-order valence-corrected chi connectivity index (χ3v) is 2.07. The van der Waals surface area contributed by atoms with Crippen LogP contribution in [0.5, 0.6) is 5.75 Å². The maximum atomic E-state index is 9.43. The molecule has 0 aliphatic heterocycles. The molecule has 4 nitrogen and oxygen atoms in total. The molecule has 0 bridgehead atoms. The van der Waals surface area contributed by atoms with Gasteiger partial charge in [-0.2, -0.15) is 5.26 Å². The van der Waals surface area contributed by atoms with Gasteiger partial charge in [-0.3, -0.25) is 0 Å². The first-order valence-corrected chi connectivity index (χ1v) is 4.18. The van der Waals surface area contributed by atoms with Gasteiger partial charge in [-0.15, -0.1) is 0 Å². The summed E-state index contributed by atoms with van der Waals surface area (Å²) in [5.74, 6) is -0.0893. The topological polar surface area (TPSA) is 84.5 Å². The summed E-state index contributed by atoms with van der Waals surface area (Å²) in [6, 6.07) is 5.40. The fraction of sp³-hybridized carbons (Fsp3) is 0.222. The summed E-state index contributed by atoms with van der Waals surface area (Å²) in [7, 11) is 0. The fourth-order valence-corrected chi connectivity index (χ4v) is 1.23. The van der Waals surface area contributed by atoms with Crippen LogP contribution in [0, 0.1) is 11.3 Å². The van der Waals surface area contributed by atoms with Gasteiger partial charge in [0, 0.05) is 10.6 Å². The smallest absolute Gasteiger partial charge is 0.170 e. The monoisotopic (exact) mass is 213 g/mol. The van der Waals surface area contributed by atoms with E-state index in [9.17, 15) is 5.11 Å². The average molecular weight is 214 g/mol. The molecule has 1 rings (SSSR count). The third-order valence-electron chi connectivity index (χ3n) is 1.73. The lowest BCUT2D eigenvalue weighted by molar-refractivity contribution is 0.0527. The highest BCUT2D eigenvalue weighted by molar-refractivity contribution is 6.31. The maximum Gasteiger partial charge on any atom is 0.170 e. The highest BCUT2D eigenvalue weighted by Crippen LogP contribution is 2.28. The van der Waals surface area contributed by atoms with Crippen LogP contribution in [0.2, 0.25) is 5.02 Å². The molecule has 0 spiro atoms. The molecule has 0 radical (unpaired) electrons. The number of phenols is 1. The van der Waals surface area contributed by atoms with E-state index in [1.165, 1.54) is 24.3 Å². The van der Waals surface area contributed by atoms with Gasteiger partial charge in [-0.05, 0) is 18.2 Å². The number of nitriles is 1. The summed E-state index contributed by atoms with van der Waals surface area (Å²) in [5, 5.41) is 36.1. The fourth-order valence-electron chi connectivity index (χ4n) is 0.998. The summed E-state index contributed by atoms with van der Waals surface area (Å²) in [6.45, 7) is 0. The Morgan fingerprint density at radius 3 is 2.57 bits per heavy atom. The Hall–Kier alpha value is -1.28. The van der Waals surface area contributed by atoms with Crippen LogP contribution >= 0.6 is 11.6 Å². The normalized spacial score (nSPS) is 14.4. The number of aromatic hydroxyl groups is 1. The molecule has 1 aromatic carbocycles. The van der Waals surface area contributed by atoms with Crippen molar-refractivity contribution >= 4 is 11.6 Å². The molecule has 2 atom stereocenters. The quantitative estimate of drug-likeness (QED) is 0.639.